The van der Waals surface area contributed by atoms with Crippen LogP contribution in [0.1, 0.15) is 26.7 Å². The lowest BCUT2D eigenvalue weighted by molar-refractivity contribution is -0.142. The van der Waals surface area contributed by atoms with Crippen molar-refractivity contribution in [1.29, 1.82) is 0 Å². The molecule has 0 saturated heterocycles. The van der Waals surface area contributed by atoms with Crippen LogP contribution in [0.25, 0.3) is 0 Å². The van der Waals surface area contributed by atoms with Gasteiger partial charge in [-0.2, -0.15) is 0 Å². The van der Waals surface area contributed by atoms with E-state index in [1.165, 1.54) is 0 Å². The van der Waals surface area contributed by atoms with Gasteiger partial charge in [0, 0.05) is 11.6 Å². The Bertz CT molecular complexity index is 201. The molecule has 0 aliphatic heterocycles. The minimum Gasteiger partial charge on any atom is -0.481 e. The van der Waals surface area contributed by atoms with Crippen LogP contribution in [0.5, 0.6) is 0 Å². The van der Waals surface area contributed by atoms with Crippen molar-refractivity contribution < 1.29 is 15.0 Å². The van der Waals surface area contributed by atoms with Gasteiger partial charge >= 0.3 is 5.97 Å². The number of carboxylic acid groups (broad SMARTS) is 1. The zero-order valence-corrected chi connectivity index (χ0v) is 8.08. The highest BCUT2D eigenvalue weighted by Gasteiger charge is 2.43. The Hall–Kier alpha value is -0.610. The second-order valence-corrected chi connectivity index (χ2v) is 4.00. The van der Waals surface area contributed by atoms with Crippen molar-refractivity contribution in [2.75, 3.05) is 6.61 Å². The molecule has 13 heavy (non-hydrogen) atoms. The van der Waals surface area contributed by atoms with Gasteiger partial charge in [0.2, 0.25) is 0 Å². The van der Waals surface area contributed by atoms with E-state index >= 15 is 0 Å². The summed E-state index contributed by atoms with van der Waals surface area (Å²) in [6, 6.07) is -0.0906. The van der Waals surface area contributed by atoms with Crippen LogP contribution in [0.15, 0.2) is 0 Å². The van der Waals surface area contributed by atoms with Gasteiger partial charge in [-0.15, -0.1) is 0 Å². The van der Waals surface area contributed by atoms with Crippen LogP contribution in [-0.4, -0.2) is 34.4 Å². The van der Waals surface area contributed by atoms with Gasteiger partial charge in [0.05, 0.1) is 12.5 Å². The monoisotopic (exact) mass is 187 g/mol. The Labute approximate surface area is 78.0 Å². The third-order valence-electron chi connectivity index (χ3n) is 2.83. The Morgan fingerprint density at radius 3 is 2.38 bits per heavy atom. The van der Waals surface area contributed by atoms with E-state index in [0.29, 0.717) is 0 Å². The molecule has 1 fully saturated rings. The molecule has 0 aromatic heterocycles. The molecule has 0 aromatic rings. The van der Waals surface area contributed by atoms with Crippen LogP contribution in [0.3, 0.4) is 0 Å². The first kappa shape index (κ1) is 10.5. The van der Waals surface area contributed by atoms with Gasteiger partial charge in [-0.1, -0.05) is 6.92 Å². The number of nitrogens with one attached hydrogen (secondary N) is 1. The van der Waals surface area contributed by atoms with Crippen molar-refractivity contribution in [2.24, 2.45) is 5.92 Å². The minimum absolute atomic E-state index is 0.0906. The Morgan fingerprint density at radius 2 is 2.08 bits per heavy atom. The summed E-state index contributed by atoms with van der Waals surface area (Å²) in [6.45, 7) is 3.62. The topological polar surface area (TPSA) is 69.6 Å². The normalized spacial score (nSPS) is 23.6. The molecule has 2 unspecified atom stereocenters. The summed E-state index contributed by atoms with van der Waals surface area (Å²) in [7, 11) is 0. The van der Waals surface area contributed by atoms with Gasteiger partial charge in [-0.25, -0.2) is 0 Å². The molecule has 4 nitrogen and oxygen atoms in total. The maximum absolute atomic E-state index is 10.6. The summed E-state index contributed by atoms with van der Waals surface area (Å²) in [5.41, 5.74) is -0.177. The maximum Gasteiger partial charge on any atom is 0.307 e. The number of rotatable bonds is 5. The molecule has 1 saturated carbocycles. The minimum atomic E-state index is -0.797. The highest BCUT2D eigenvalue weighted by Crippen LogP contribution is 2.35. The van der Waals surface area contributed by atoms with E-state index in [9.17, 15) is 4.79 Å². The summed E-state index contributed by atoms with van der Waals surface area (Å²) in [5, 5.41) is 20.9. The Balaban J connectivity index is 2.40. The van der Waals surface area contributed by atoms with Gasteiger partial charge in [0.25, 0.3) is 0 Å². The van der Waals surface area contributed by atoms with Crippen LogP contribution in [0.2, 0.25) is 0 Å². The first-order valence-corrected chi connectivity index (χ1v) is 4.62. The zero-order valence-electron chi connectivity index (χ0n) is 8.08. The van der Waals surface area contributed by atoms with Crippen LogP contribution in [0.4, 0.5) is 0 Å². The molecule has 0 radical (unpaired) electrons. The number of hydrogen-bond acceptors (Lipinski definition) is 3. The largest absolute Gasteiger partial charge is 0.481 e. The SMILES string of the molecule is CC(NC1(CO)CC1)C(C)C(=O)O. The van der Waals surface area contributed by atoms with Crippen molar-refractivity contribution in [2.45, 2.75) is 38.3 Å². The first-order valence-electron chi connectivity index (χ1n) is 4.62. The van der Waals surface area contributed by atoms with Crippen molar-refractivity contribution in [3.8, 4) is 0 Å². The molecule has 1 rings (SSSR count). The molecule has 0 amide bonds. The van der Waals surface area contributed by atoms with E-state index in [4.69, 9.17) is 10.2 Å². The van der Waals surface area contributed by atoms with Gasteiger partial charge in [0.1, 0.15) is 0 Å². The molecule has 2 atom stereocenters. The summed E-state index contributed by atoms with van der Waals surface area (Å²) < 4.78 is 0. The number of carboxylic acids is 1. The van der Waals surface area contributed by atoms with Crippen molar-refractivity contribution in [3.05, 3.63) is 0 Å². The van der Waals surface area contributed by atoms with Crippen LogP contribution in [-0.2, 0) is 4.79 Å². The summed E-state index contributed by atoms with van der Waals surface area (Å²) >= 11 is 0. The Morgan fingerprint density at radius 1 is 1.54 bits per heavy atom. The third-order valence-corrected chi connectivity index (χ3v) is 2.83. The number of aliphatic hydroxyl groups is 1. The van der Waals surface area contributed by atoms with Crippen molar-refractivity contribution in [3.63, 3.8) is 0 Å². The number of carbonyl (C=O) groups is 1. The average Bonchev–Trinajstić information content (AvgIpc) is 2.84. The lowest BCUT2D eigenvalue weighted by atomic mass is 10.0. The van der Waals surface area contributed by atoms with E-state index in [1.54, 1.807) is 6.92 Å². The molecule has 4 heteroatoms. The molecular weight excluding hydrogens is 170 g/mol. The van der Waals surface area contributed by atoms with Crippen LogP contribution >= 0.6 is 0 Å². The second kappa shape index (κ2) is 3.64. The van der Waals surface area contributed by atoms with E-state index in [-0.39, 0.29) is 18.2 Å². The molecule has 0 bridgehead atoms. The second-order valence-electron chi connectivity index (χ2n) is 4.00. The molecule has 1 aliphatic carbocycles. The fourth-order valence-corrected chi connectivity index (χ4v) is 1.32. The summed E-state index contributed by atoms with van der Waals surface area (Å²) in [5.74, 6) is -1.21. The molecule has 1 aliphatic rings. The van der Waals surface area contributed by atoms with E-state index in [1.807, 2.05) is 6.92 Å². The molecular formula is C9H17NO3. The van der Waals surface area contributed by atoms with Gasteiger partial charge in [-0.3, -0.25) is 4.79 Å². The predicted octanol–water partition coefficient (Wildman–Crippen LogP) is 0.210. The average molecular weight is 187 g/mol. The third kappa shape index (κ3) is 2.42. The van der Waals surface area contributed by atoms with Crippen molar-refractivity contribution >= 4 is 5.97 Å². The van der Waals surface area contributed by atoms with Crippen molar-refractivity contribution in [1.82, 2.24) is 5.32 Å². The molecule has 0 spiro atoms. The predicted molar refractivity (Wildman–Crippen MR) is 48.4 cm³/mol. The molecule has 3 N–H and O–H groups in total. The van der Waals surface area contributed by atoms with Crippen LogP contribution < -0.4 is 5.32 Å². The van der Waals surface area contributed by atoms with E-state index in [0.717, 1.165) is 12.8 Å². The molecule has 0 heterocycles. The molecule has 76 valence electrons. The standard InChI is InChI=1S/C9H17NO3/c1-6(8(12)13)7(2)10-9(5-11)3-4-9/h6-7,10-11H,3-5H2,1-2H3,(H,12,13). The summed E-state index contributed by atoms with van der Waals surface area (Å²) in [6.07, 6.45) is 1.89. The van der Waals surface area contributed by atoms with E-state index in [2.05, 4.69) is 5.32 Å². The number of hydrogen-bond donors (Lipinski definition) is 3. The summed E-state index contributed by atoms with van der Waals surface area (Å²) in [4.78, 5) is 10.6. The van der Waals surface area contributed by atoms with Gasteiger partial charge in [0.15, 0.2) is 0 Å². The smallest absolute Gasteiger partial charge is 0.307 e. The fraction of sp³-hybridized carbons (Fsp3) is 0.889. The highest BCUT2D eigenvalue weighted by molar-refractivity contribution is 5.70. The quantitative estimate of drug-likeness (QED) is 0.575. The maximum atomic E-state index is 10.6. The lowest BCUT2D eigenvalue weighted by Crippen LogP contribution is -2.45. The van der Waals surface area contributed by atoms with E-state index < -0.39 is 11.9 Å². The molecule has 0 aromatic carbocycles. The number of aliphatic hydroxyl groups excluding tert-OH is 1. The van der Waals surface area contributed by atoms with Gasteiger partial charge < -0.3 is 15.5 Å². The number of aliphatic carboxylic acids is 1. The Kier molecular flexibility index (Phi) is 2.93. The van der Waals surface area contributed by atoms with Crippen LogP contribution in [0, 0.1) is 5.92 Å². The first-order chi connectivity index (χ1) is 6.01. The fourth-order valence-electron chi connectivity index (χ4n) is 1.32. The highest BCUT2D eigenvalue weighted by atomic mass is 16.4. The lowest BCUT2D eigenvalue weighted by Gasteiger charge is -2.23. The zero-order chi connectivity index (χ0) is 10.1. The van der Waals surface area contributed by atoms with Gasteiger partial charge in [-0.05, 0) is 19.8 Å².